The van der Waals surface area contributed by atoms with E-state index in [4.69, 9.17) is 0 Å². The van der Waals surface area contributed by atoms with E-state index >= 15 is 0 Å². The molecular formula is C19H33N. The standard InChI is InChI=1S/C19H33N/c1-4-7-8-9-10-12-19(20-6-3)18-15-13-17(11-5-2)14-16-18/h13-16,19-20H,4-12H2,1-3H3. The van der Waals surface area contributed by atoms with Gasteiger partial charge in [0.05, 0.1) is 0 Å². The van der Waals surface area contributed by atoms with Crippen LogP contribution in [0.25, 0.3) is 0 Å². The van der Waals surface area contributed by atoms with Crippen molar-refractivity contribution in [3.63, 3.8) is 0 Å². The minimum absolute atomic E-state index is 0.539. The molecule has 0 aliphatic carbocycles. The average Bonchev–Trinajstić information content (AvgIpc) is 2.47. The first-order valence-electron chi connectivity index (χ1n) is 8.64. The number of rotatable bonds is 11. The van der Waals surface area contributed by atoms with Gasteiger partial charge in [0, 0.05) is 6.04 Å². The van der Waals surface area contributed by atoms with Crippen LogP contribution in [-0.4, -0.2) is 6.54 Å². The summed E-state index contributed by atoms with van der Waals surface area (Å²) in [6.45, 7) is 7.77. The lowest BCUT2D eigenvalue weighted by atomic mass is 9.98. The lowest BCUT2D eigenvalue weighted by Gasteiger charge is -2.18. The molecule has 0 spiro atoms. The van der Waals surface area contributed by atoms with Crippen LogP contribution in [0.3, 0.4) is 0 Å². The SMILES string of the molecule is CCCCCCCC(NCC)c1ccc(CCC)cc1. The van der Waals surface area contributed by atoms with E-state index < -0.39 is 0 Å². The molecule has 0 saturated heterocycles. The molecule has 0 aliphatic rings. The van der Waals surface area contributed by atoms with E-state index in [1.165, 1.54) is 62.5 Å². The summed E-state index contributed by atoms with van der Waals surface area (Å²) in [5, 5.41) is 3.64. The summed E-state index contributed by atoms with van der Waals surface area (Å²) in [4.78, 5) is 0. The largest absolute Gasteiger partial charge is 0.310 e. The van der Waals surface area contributed by atoms with Gasteiger partial charge in [-0.1, -0.05) is 83.6 Å². The zero-order valence-electron chi connectivity index (χ0n) is 13.8. The summed E-state index contributed by atoms with van der Waals surface area (Å²) < 4.78 is 0. The Morgan fingerprint density at radius 2 is 1.55 bits per heavy atom. The van der Waals surface area contributed by atoms with Gasteiger partial charge >= 0.3 is 0 Å². The van der Waals surface area contributed by atoms with E-state index in [1.54, 1.807) is 0 Å². The van der Waals surface area contributed by atoms with E-state index in [1.807, 2.05) is 0 Å². The van der Waals surface area contributed by atoms with Crippen LogP contribution in [0.2, 0.25) is 0 Å². The highest BCUT2D eigenvalue weighted by Gasteiger charge is 2.09. The first-order chi connectivity index (χ1) is 9.81. The van der Waals surface area contributed by atoms with Crippen LogP contribution < -0.4 is 5.32 Å². The maximum Gasteiger partial charge on any atom is 0.0320 e. The van der Waals surface area contributed by atoms with Crippen molar-refractivity contribution < 1.29 is 0 Å². The molecule has 20 heavy (non-hydrogen) atoms. The Morgan fingerprint density at radius 3 is 2.15 bits per heavy atom. The van der Waals surface area contributed by atoms with E-state index in [0.717, 1.165) is 6.54 Å². The highest BCUT2D eigenvalue weighted by molar-refractivity contribution is 5.25. The highest BCUT2D eigenvalue weighted by Crippen LogP contribution is 2.21. The van der Waals surface area contributed by atoms with Crippen LogP contribution in [0.1, 0.15) is 82.9 Å². The second-order valence-corrected chi connectivity index (χ2v) is 5.80. The van der Waals surface area contributed by atoms with Crippen LogP contribution in [0, 0.1) is 0 Å². The second kappa shape index (κ2) is 10.9. The molecule has 0 saturated carbocycles. The minimum atomic E-state index is 0.539. The van der Waals surface area contributed by atoms with Crippen LogP contribution in [-0.2, 0) is 6.42 Å². The molecule has 0 amide bonds. The van der Waals surface area contributed by atoms with Crippen molar-refractivity contribution in [3.05, 3.63) is 35.4 Å². The minimum Gasteiger partial charge on any atom is -0.310 e. The summed E-state index contributed by atoms with van der Waals surface area (Å²) in [6.07, 6.45) is 10.5. The maximum atomic E-state index is 3.64. The molecule has 1 aromatic carbocycles. The van der Waals surface area contributed by atoms with Gasteiger partial charge in [0.1, 0.15) is 0 Å². The van der Waals surface area contributed by atoms with Crippen molar-refractivity contribution in [1.29, 1.82) is 0 Å². The highest BCUT2D eigenvalue weighted by atomic mass is 14.9. The molecule has 1 heteroatoms. The van der Waals surface area contributed by atoms with Gasteiger partial charge in [-0.15, -0.1) is 0 Å². The summed E-state index contributed by atoms with van der Waals surface area (Å²) in [5.74, 6) is 0. The lowest BCUT2D eigenvalue weighted by Crippen LogP contribution is -2.20. The first kappa shape index (κ1) is 17.2. The molecule has 1 nitrogen and oxygen atoms in total. The van der Waals surface area contributed by atoms with Gasteiger partial charge in [0.25, 0.3) is 0 Å². The van der Waals surface area contributed by atoms with E-state index in [9.17, 15) is 0 Å². The van der Waals surface area contributed by atoms with Crippen LogP contribution in [0.5, 0.6) is 0 Å². The van der Waals surface area contributed by atoms with E-state index in [0.29, 0.717) is 6.04 Å². The molecule has 0 aromatic heterocycles. The summed E-state index contributed by atoms with van der Waals surface area (Å²) >= 11 is 0. The van der Waals surface area contributed by atoms with Gasteiger partial charge in [-0.3, -0.25) is 0 Å². The van der Waals surface area contributed by atoms with Gasteiger partial charge < -0.3 is 5.32 Å². The predicted molar refractivity (Wildman–Crippen MR) is 90.2 cm³/mol. The fourth-order valence-corrected chi connectivity index (χ4v) is 2.79. The normalized spacial score (nSPS) is 12.6. The Balaban J connectivity index is 2.47. The van der Waals surface area contributed by atoms with Crippen molar-refractivity contribution in [2.45, 2.75) is 78.2 Å². The average molecular weight is 275 g/mol. The van der Waals surface area contributed by atoms with Crippen molar-refractivity contribution in [2.24, 2.45) is 0 Å². The molecule has 114 valence electrons. The van der Waals surface area contributed by atoms with Gasteiger partial charge in [-0.25, -0.2) is 0 Å². The summed E-state index contributed by atoms with van der Waals surface area (Å²) in [5.41, 5.74) is 2.93. The fraction of sp³-hybridized carbons (Fsp3) is 0.684. The molecule has 0 fully saturated rings. The Morgan fingerprint density at radius 1 is 0.850 bits per heavy atom. The molecule has 1 aromatic rings. The van der Waals surface area contributed by atoms with Crippen LogP contribution >= 0.6 is 0 Å². The van der Waals surface area contributed by atoms with E-state index in [2.05, 4.69) is 50.4 Å². The molecule has 0 radical (unpaired) electrons. The molecule has 1 unspecified atom stereocenters. The zero-order valence-corrected chi connectivity index (χ0v) is 13.8. The fourth-order valence-electron chi connectivity index (χ4n) is 2.79. The third-order valence-corrected chi connectivity index (χ3v) is 3.97. The van der Waals surface area contributed by atoms with Crippen molar-refractivity contribution in [2.75, 3.05) is 6.54 Å². The third-order valence-electron chi connectivity index (χ3n) is 3.97. The monoisotopic (exact) mass is 275 g/mol. The van der Waals surface area contributed by atoms with Crippen molar-refractivity contribution >= 4 is 0 Å². The quantitative estimate of drug-likeness (QED) is 0.514. The predicted octanol–water partition coefficient (Wildman–Crippen LogP) is 5.65. The van der Waals surface area contributed by atoms with Gasteiger partial charge in [0.2, 0.25) is 0 Å². The zero-order chi connectivity index (χ0) is 14.6. The molecule has 0 aliphatic heterocycles. The number of unbranched alkanes of at least 4 members (excludes halogenated alkanes) is 4. The Labute approximate surface area is 126 Å². The topological polar surface area (TPSA) is 12.0 Å². The number of benzene rings is 1. The van der Waals surface area contributed by atoms with E-state index in [-0.39, 0.29) is 0 Å². The van der Waals surface area contributed by atoms with Crippen LogP contribution in [0.4, 0.5) is 0 Å². The van der Waals surface area contributed by atoms with Crippen molar-refractivity contribution in [1.82, 2.24) is 5.32 Å². The van der Waals surface area contributed by atoms with Crippen LogP contribution in [0.15, 0.2) is 24.3 Å². The molecule has 1 N–H and O–H groups in total. The molecule has 0 bridgehead atoms. The number of aryl methyl sites for hydroxylation is 1. The molecule has 1 atom stereocenters. The molecule has 1 rings (SSSR count). The molecule has 0 heterocycles. The second-order valence-electron chi connectivity index (χ2n) is 5.80. The summed E-state index contributed by atoms with van der Waals surface area (Å²) in [6, 6.07) is 9.80. The lowest BCUT2D eigenvalue weighted by molar-refractivity contribution is 0.479. The summed E-state index contributed by atoms with van der Waals surface area (Å²) in [7, 11) is 0. The Bertz CT molecular complexity index is 328. The number of nitrogens with one attached hydrogen (secondary N) is 1. The van der Waals surface area contributed by atoms with Gasteiger partial charge in [-0.05, 0) is 30.5 Å². The maximum absolute atomic E-state index is 3.64. The number of hydrogen-bond donors (Lipinski definition) is 1. The third kappa shape index (κ3) is 6.56. The van der Waals surface area contributed by atoms with Gasteiger partial charge in [-0.2, -0.15) is 0 Å². The smallest absolute Gasteiger partial charge is 0.0320 e. The Hall–Kier alpha value is -0.820. The Kier molecular flexibility index (Phi) is 9.40. The van der Waals surface area contributed by atoms with Crippen molar-refractivity contribution in [3.8, 4) is 0 Å². The first-order valence-corrected chi connectivity index (χ1v) is 8.64. The molecular weight excluding hydrogens is 242 g/mol. The van der Waals surface area contributed by atoms with Gasteiger partial charge in [0.15, 0.2) is 0 Å². The number of hydrogen-bond acceptors (Lipinski definition) is 1.